The third-order valence-corrected chi connectivity index (χ3v) is 11.7. The number of alkyl carbamates (subject to hydrolysis) is 1. The third kappa shape index (κ3) is 11.6. The lowest BCUT2D eigenvalue weighted by Crippen LogP contribution is -2.52. The minimum Gasteiger partial charge on any atom is -0.447 e. The zero-order valence-corrected chi connectivity index (χ0v) is 34.1. The fraction of sp³-hybridized carbons (Fsp3) is 0.525. The number of amides is 5. The molecular weight excluding hydrogens is 790 g/mol. The minimum absolute atomic E-state index is 0.0240. The van der Waals surface area contributed by atoms with E-state index in [1.807, 2.05) is 34.9 Å². The number of benzene rings is 2. The molecule has 5 amide bonds. The van der Waals surface area contributed by atoms with Crippen molar-refractivity contribution in [3.05, 3.63) is 77.8 Å². The third-order valence-electron chi connectivity index (χ3n) is 10.8. The molecule has 0 spiro atoms. The van der Waals surface area contributed by atoms with Crippen LogP contribution in [0.1, 0.15) is 43.6 Å². The van der Waals surface area contributed by atoms with Crippen LogP contribution in [0.5, 0.6) is 0 Å². The van der Waals surface area contributed by atoms with E-state index in [-0.39, 0.29) is 86.7 Å². The summed E-state index contributed by atoms with van der Waals surface area (Å²) in [6, 6.07) is 10.8. The van der Waals surface area contributed by atoms with E-state index in [1.54, 1.807) is 25.1 Å². The van der Waals surface area contributed by atoms with Gasteiger partial charge in [0.2, 0.25) is 11.8 Å². The average molecular weight is 842 g/mol. The molecule has 0 unspecified atom stereocenters. The first-order valence-corrected chi connectivity index (χ1v) is 21.2. The molecule has 2 aromatic carbocycles. The van der Waals surface area contributed by atoms with Gasteiger partial charge in [0.1, 0.15) is 30.2 Å². The number of carbonyl (C=O) groups excluding carboxylic acids is 4. The van der Waals surface area contributed by atoms with Crippen molar-refractivity contribution in [3.63, 3.8) is 0 Å². The second kappa shape index (κ2) is 21.1. The fourth-order valence-corrected chi connectivity index (χ4v) is 8.27. The van der Waals surface area contributed by atoms with E-state index in [0.717, 1.165) is 23.8 Å². The van der Waals surface area contributed by atoms with Crippen molar-refractivity contribution in [1.29, 1.82) is 0 Å². The number of nitrogens with one attached hydrogen (secondary N) is 3. The van der Waals surface area contributed by atoms with E-state index in [9.17, 15) is 23.6 Å². The molecule has 3 aromatic rings. The number of hydrogen-bond acceptors (Lipinski definition) is 10. The van der Waals surface area contributed by atoms with Gasteiger partial charge in [-0.1, -0.05) is 30.3 Å². The Kier molecular flexibility index (Phi) is 15.7. The van der Waals surface area contributed by atoms with Crippen LogP contribution < -0.4 is 16.0 Å². The van der Waals surface area contributed by atoms with Gasteiger partial charge in [0.15, 0.2) is 7.12 Å². The Balaban J connectivity index is 1.16. The second-order valence-electron chi connectivity index (χ2n) is 15.0. The van der Waals surface area contributed by atoms with Crippen LogP contribution in [0.4, 0.5) is 22.8 Å². The van der Waals surface area contributed by atoms with Gasteiger partial charge in [-0.05, 0) is 49.4 Å². The average Bonchev–Trinajstić information content (AvgIpc) is 3.92. The first kappa shape index (κ1) is 44.0. The summed E-state index contributed by atoms with van der Waals surface area (Å²) in [5.41, 5.74) is 1.08. The number of imide groups is 1. The van der Waals surface area contributed by atoms with Crippen molar-refractivity contribution in [2.75, 3.05) is 65.8 Å². The number of nitrogens with zero attached hydrogens (tertiary/aromatic N) is 4. The molecule has 0 radical (unpaired) electrons. The highest BCUT2D eigenvalue weighted by Gasteiger charge is 2.41. The Morgan fingerprint density at radius 1 is 1.12 bits per heavy atom. The summed E-state index contributed by atoms with van der Waals surface area (Å²) in [6.45, 7) is 3.65. The van der Waals surface area contributed by atoms with E-state index >= 15 is 8.78 Å². The SMILES string of the molecule is BS[C@H]1CC(=O)N(CCOCCNC(=O)OC[C@H](C)NC(=O)N(C[C@@H]2CNC[C@@H]2F)[C@@H](c2nc(-c3cc(F)ccc3F)cn2Cc2ccccc2)C2CCOCC2)C1=O. The number of alkyl halides is 1. The monoisotopic (exact) mass is 841 g/mol. The normalized spacial score (nSPS) is 20.7. The Morgan fingerprint density at radius 2 is 1.90 bits per heavy atom. The Morgan fingerprint density at radius 3 is 2.61 bits per heavy atom. The molecule has 0 aliphatic carbocycles. The first-order valence-electron chi connectivity index (χ1n) is 19.9. The van der Waals surface area contributed by atoms with Crippen molar-refractivity contribution >= 4 is 42.7 Å². The number of hydrogen-bond donors (Lipinski definition) is 3. The summed E-state index contributed by atoms with van der Waals surface area (Å²) in [4.78, 5) is 59.1. The quantitative estimate of drug-likeness (QED) is 0.0986. The van der Waals surface area contributed by atoms with Gasteiger partial charge >= 0.3 is 12.1 Å². The molecule has 3 aliphatic heterocycles. The number of likely N-dealkylation sites (tertiary alicyclic amines) is 1. The van der Waals surface area contributed by atoms with Crippen molar-refractivity contribution in [3.8, 4) is 11.3 Å². The summed E-state index contributed by atoms with van der Waals surface area (Å²) in [6.07, 6.45) is 1.01. The van der Waals surface area contributed by atoms with Crippen LogP contribution in [-0.4, -0.2) is 134 Å². The zero-order valence-electron chi connectivity index (χ0n) is 33.2. The molecule has 3 fully saturated rings. The van der Waals surface area contributed by atoms with Crippen molar-refractivity contribution < 1.29 is 46.6 Å². The van der Waals surface area contributed by atoms with Crippen LogP contribution in [-0.2, 0) is 30.3 Å². The zero-order chi connectivity index (χ0) is 41.9. The summed E-state index contributed by atoms with van der Waals surface area (Å²) in [7, 11) is 1.79. The van der Waals surface area contributed by atoms with E-state index in [2.05, 4.69) is 16.0 Å². The first-order chi connectivity index (χ1) is 28.5. The van der Waals surface area contributed by atoms with E-state index in [0.29, 0.717) is 45.0 Å². The maximum atomic E-state index is 15.3. The maximum Gasteiger partial charge on any atom is 0.407 e. The summed E-state index contributed by atoms with van der Waals surface area (Å²) < 4.78 is 63.5. The van der Waals surface area contributed by atoms with Gasteiger partial charge in [0.05, 0.1) is 42.8 Å². The highest BCUT2D eigenvalue weighted by atomic mass is 32.2. The maximum absolute atomic E-state index is 15.3. The Labute approximate surface area is 346 Å². The van der Waals surface area contributed by atoms with E-state index < -0.39 is 47.9 Å². The highest BCUT2D eigenvalue weighted by Crippen LogP contribution is 2.38. The Hall–Kier alpha value is -4.59. The molecule has 0 saturated carbocycles. The van der Waals surface area contributed by atoms with Crippen molar-refractivity contribution in [2.24, 2.45) is 11.8 Å². The molecule has 3 saturated heterocycles. The number of carbonyl (C=O) groups is 4. The number of urea groups is 1. The molecule has 4 heterocycles. The van der Waals surface area contributed by atoms with Crippen LogP contribution in [0.3, 0.4) is 0 Å². The molecule has 3 aliphatic rings. The molecule has 3 N–H and O–H groups in total. The molecule has 14 nitrogen and oxygen atoms in total. The summed E-state index contributed by atoms with van der Waals surface area (Å²) in [5.74, 6) is -2.02. The van der Waals surface area contributed by atoms with Crippen LogP contribution in [0, 0.1) is 23.5 Å². The fourth-order valence-electron chi connectivity index (χ4n) is 7.63. The lowest BCUT2D eigenvalue weighted by Gasteiger charge is -2.40. The number of imidazole rings is 1. The molecule has 6 rings (SSSR count). The molecular formula is C40H51BF3N7O7S. The molecule has 1 aromatic heterocycles. The van der Waals surface area contributed by atoms with Crippen LogP contribution in [0.15, 0.2) is 54.7 Å². The van der Waals surface area contributed by atoms with Gasteiger partial charge in [-0.3, -0.25) is 14.5 Å². The van der Waals surface area contributed by atoms with E-state index in [1.165, 1.54) is 16.5 Å². The van der Waals surface area contributed by atoms with Crippen molar-refractivity contribution in [1.82, 2.24) is 35.3 Å². The predicted octanol–water partition coefficient (Wildman–Crippen LogP) is 3.45. The summed E-state index contributed by atoms with van der Waals surface area (Å²) in [5, 5.41) is 8.23. The standard InChI is InChI=1S/C40H51BF3N7O7S/c1-25(24-58-40(55)46-11-15-57-16-12-50-35(52)18-34(59-41)38(50)53)47-39(54)51(22-28-19-45-20-32(28)44)36(27-9-13-56-14-10-27)37-48-33(30-17-29(42)7-8-31(30)43)23-49(37)21-26-5-3-2-4-6-26/h2-8,17,23,25,27-28,32,34,36,45H,9-16,18-22,24,41H2,1H3,(H,46,55)(H,47,54)/t25-,28-,32-,34-,36+/m0/s1. The molecule has 19 heteroatoms. The number of rotatable bonds is 18. The molecule has 318 valence electrons. The lowest BCUT2D eigenvalue weighted by molar-refractivity contribution is -0.139. The van der Waals surface area contributed by atoms with Gasteiger partial charge in [-0.25, -0.2) is 39.4 Å². The van der Waals surface area contributed by atoms with Gasteiger partial charge < -0.3 is 39.6 Å². The highest BCUT2D eigenvalue weighted by molar-refractivity contribution is 8.20. The smallest absolute Gasteiger partial charge is 0.407 e. The summed E-state index contributed by atoms with van der Waals surface area (Å²) >= 11 is 1.34. The predicted molar refractivity (Wildman–Crippen MR) is 217 cm³/mol. The van der Waals surface area contributed by atoms with Gasteiger partial charge in [-0.15, -0.1) is 0 Å². The molecule has 0 bridgehead atoms. The van der Waals surface area contributed by atoms with Crippen LogP contribution in [0.25, 0.3) is 11.3 Å². The van der Waals surface area contributed by atoms with Crippen LogP contribution >= 0.6 is 11.6 Å². The minimum atomic E-state index is -1.21. The van der Waals surface area contributed by atoms with Gasteiger partial charge in [0.25, 0.3) is 0 Å². The largest absolute Gasteiger partial charge is 0.447 e. The van der Waals surface area contributed by atoms with E-state index in [4.69, 9.17) is 19.2 Å². The second-order valence-corrected chi connectivity index (χ2v) is 16.0. The van der Waals surface area contributed by atoms with Crippen molar-refractivity contribution in [2.45, 2.75) is 56.2 Å². The van der Waals surface area contributed by atoms with Crippen LogP contribution in [0.2, 0.25) is 0 Å². The number of ether oxygens (including phenoxy) is 3. The van der Waals surface area contributed by atoms with Gasteiger partial charge in [0, 0.05) is 70.0 Å². The number of aromatic nitrogens is 2. The molecule has 5 atom stereocenters. The Bertz CT molecular complexity index is 1910. The lowest BCUT2D eigenvalue weighted by atomic mass is 9.89. The van der Waals surface area contributed by atoms with Gasteiger partial charge in [-0.2, -0.15) is 0 Å². The molecule has 59 heavy (non-hydrogen) atoms. The number of halogens is 3. The topological polar surface area (TPSA) is 156 Å².